The fourth-order valence-corrected chi connectivity index (χ4v) is 1.92. The number of alkyl carbamates (subject to hydrolysis) is 1. The zero-order chi connectivity index (χ0) is 19.3. The molecule has 156 valence electrons. The molecule has 0 aliphatic carbocycles. The molecule has 0 rings (SSSR count). The van der Waals surface area contributed by atoms with Crippen molar-refractivity contribution in [3.8, 4) is 0 Å². The molecule has 0 bridgehead atoms. The molecular formula is C18H39IN4O3. The average molecular weight is 486 g/mol. The van der Waals surface area contributed by atoms with Gasteiger partial charge in [-0.15, -0.1) is 24.0 Å². The Labute approximate surface area is 176 Å². The SMILES string of the molecule is CCNC(=NCC(C)(C)NC(=O)OC(C)(C)C)NCCCCOCC.I. The number of hydrogen-bond donors (Lipinski definition) is 3. The Balaban J connectivity index is 0. The number of nitrogens with zero attached hydrogens (tertiary/aromatic N) is 1. The van der Waals surface area contributed by atoms with Crippen LogP contribution in [0.5, 0.6) is 0 Å². The molecule has 0 spiro atoms. The Hall–Kier alpha value is -0.770. The molecule has 0 atom stereocenters. The third-order valence-corrected chi connectivity index (χ3v) is 3.03. The highest BCUT2D eigenvalue weighted by Crippen LogP contribution is 2.09. The Kier molecular flexibility index (Phi) is 15.1. The Morgan fingerprint density at radius 3 is 2.23 bits per heavy atom. The van der Waals surface area contributed by atoms with Crippen LogP contribution in [0.2, 0.25) is 0 Å². The Morgan fingerprint density at radius 2 is 1.69 bits per heavy atom. The summed E-state index contributed by atoms with van der Waals surface area (Å²) in [4.78, 5) is 16.5. The van der Waals surface area contributed by atoms with E-state index in [9.17, 15) is 4.79 Å². The molecule has 0 aromatic rings. The van der Waals surface area contributed by atoms with Crippen molar-refractivity contribution in [1.82, 2.24) is 16.0 Å². The first-order valence-corrected chi connectivity index (χ1v) is 9.20. The second-order valence-corrected chi connectivity index (χ2v) is 7.54. The van der Waals surface area contributed by atoms with Gasteiger partial charge in [0.15, 0.2) is 5.96 Å². The third-order valence-electron chi connectivity index (χ3n) is 3.03. The monoisotopic (exact) mass is 486 g/mol. The van der Waals surface area contributed by atoms with E-state index in [2.05, 4.69) is 20.9 Å². The van der Waals surface area contributed by atoms with Crippen molar-refractivity contribution in [1.29, 1.82) is 0 Å². The van der Waals surface area contributed by atoms with Gasteiger partial charge in [0.1, 0.15) is 5.60 Å². The number of ether oxygens (including phenoxy) is 2. The van der Waals surface area contributed by atoms with Gasteiger partial charge in [0, 0.05) is 26.3 Å². The predicted molar refractivity (Wildman–Crippen MR) is 119 cm³/mol. The molecular weight excluding hydrogens is 447 g/mol. The number of guanidine groups is 1. The van der Waals surface area contributed by atoms with Gasteiger partial charge in [0.05, 0.1) is 12.1 Å². The smallest absolute Gasteiger partial charge is 0.408 e. The van der Waals surface area contributed by atoms with Gasteiger partial charge in [-0.25, -0.2) is 4.79 Å². The molecule has 0 aromatic heterocycles. The number of aliphatic imine (C=N–C) groups is 1. The highest BCUT2D eigenvalue weighted by atomic mass is 127. The van der Waals surface area contributed by atoms with E-state index in [-0.39, 0.29) is 24.0 Å². The molecule has 0 heterocycles. The van der Waals surface area contributed by atoms with E-state index in [0.29, 0.717) is 6.54 Å². The maximum Gasteiger partial charge on any atom is 0.408 e. The van der Waals surface area contributed by atoms with Crippen molar-refractivity contribution >= 4 is 36.0 Å². The highest BCUT2D eigenvalue weighted by Gasteiger charge is 2.24. The average Bonchev–Trinajstić information content (AvgIpc) is 2.45. The first-order valence-electron chi connectivity index (χ1n) is 9.20. The minimum absolute atomic E-state index is 0. The summed E-state index contributed by atoms with van der Waals surface area (Å²) in [5.74, 6) is 0.748. The Bertz CT molecular complexity index is 410. The highest BCUT2D eigenvalue weighted by molar-refractivity contribution is 14.0. The van der Waals surface area contributed by atoms with Crippen LogP contribution in [-0.4, -0.2) is 56.0 Å². The Morgan fingerprint density at radius 1 is 1.04 bits per heavy atom. The summed E-state index contributed by atoms with van der Waals surface area (Å²) >= 11 is 0. The number of carbonyl (C=O) groups is 1. The molecule has 3 N–H and O–H groups in total. The number of halogens is 1. The van der Waals surface area contributed by atoms with Crippen LogP contribution in [0.15, 0.2) is 4.99 Å². The van der Waals surface area contributed by atoms with Crippen LogP contribution in [-0.2, 0) is 9.47 Å². The molecule has 8 heteroatoms. The molecule has 0 unspecified atom stereocenters. The lowest BCUT2D eigenvalue weighted by atomic mass is 10.1. The number of nitrogens with one attached hydrogen (secondary N) is 3. The zero-order valence-corrected chi connectivity index (χ0v) is 19.9. The lowest BCUT2D eigenvalue weighted by Gasteiger charge is -2.27. The molecule has 0 fully saturated rings. The maximum atomic E-state index is 11.9. The van der Waals surface area contributed by atoms with Crippen LogP contribution >= 0.6 is 24.0 Å². The molecule has 0 aliphatic heterocycles. The fraction of sp³-hybridized carbons (Fsp3) is 0.889. The zero-order valence-electron chi connectivity index (χ0n) is 17.5. The van der Waals surface area contributed by atoms with E-state index in [1.807, 2.05) is 48.5 Å². The molecule has 1 amide bonds. The first kappa shape index (κ1) is 27.4. The molecule has 0 radical (unpaired) electrons. The van der Waals surface area contributed by atoms with E-state index in [4.69, 9.17) is 9.47 Å². The quantitative estimate of drug-likeness (QED) is 0.191. The summed E-state index contributed by atoms with van der Waals surface area (Å²) in [5, 5.41) is 9.37. The standard InChI is InChI=1S/C18H38N4O3.HI/c1-8-19-15(20-12-10-11-13-24-9-2)21-14-18(6,7)22-16(23)25-17(3,4)5;/h8-14H2,1-7H3,(H,22,23)(H2,19,20,21);1H. The normalized spacial score (nSPS) is 12.2. The van der Waals surface area contributed by atoms with Gasteiger partial charge >= 0.3 is 6.09 Å². The lowest BCUT2D eigenvalue weighted by molar-refractivity contribution is 0.0476. The van der Waals surface area contributed by atoms with Crippen LogP contribution in [0.4, 0.5) is 4.79 Å². The molecule has 26 heavy (non-hydrogen) atoms. The van der Waals surface area contributed by atoms with Crippen molar-refractivity contribution in [2.75, 3.05) is 32.8 Å². The predicted octanol–water partition coefficient (Wildman–Crippen LogP) is 3.28. The largest absolute Gasteiger partial charge is 0.444 e. The van der Waals surface area contributed by atoms with Crippen molar-refractivity contribution in [3.05, 3.63) is 0 Å². The second kappa shape index (κ2) is 14.3. The topological polar surface area (TPSA) is 84.0 Å². The second-order valence-electron chi connectivity index (χ2n) is 7.54. The van der Waals surface area contributed by atoms with Gasteiger partial charge in [-0.05, 0) is 61.3 Å². The summed E-state index contributed by atoms with van der Waals surface area (Å²) in [6.07, 6.45) is 1.61. The van der Waals surface area contributed by atoms with E-state index in [1.54, 1.807) is 0 Å². The molecule has 0 aromatic carbocycles. The first-order chi connectivity index (χ1) is 11.6. The van der Waals surface area contributed by atoms with E-state index in [1.165, 1.54) is 0 Å². The van der Waals surface area contributed by atoms with Crippen LogP contribution in [0.3, 0.4) is 0 Å². The van der Waals surface area contributed by atoms with Crippen molar-refractivity contribution in [3.63, 3.8) is 0 Å². The van der Waals surface area contributed by atoms with Crippen molar-refractivity contribution in [2.45, 2.75) is 72.4 Å². The van der Waals surface area contributed by atoms with Gasteiger partial charge in [-0.1, -0.05) is 0 Å². The van der Waals surface area contributed by atoms with E-state index >= 15 is 0 Å². The summed E-state index contributed by atoms with van der Waals surface area (Å²) in [6.45, 7) is 17.0. The van der Waals surface area contributed by atoms with Crippen LogP contribution in [0, 0.1) is 0 Å². The minimum atomic E-state index is -0.512. The number of unbranched alkanes of at least 4 members (excludes halogenated alkanes) is 1. The van der Waals surface area contributed by atoms with E-state index in [0.717, 1.165) is 45.1 Å². The van der Waals surface area contributed by atoms with Crippen LogP contribution in [0.25, 0.3) is 0 Å². The number of rotatable bonds is 10. The lowest BCUT2D eigenvalue weighted by Crippen LogP contribution is -2.49. The summed E-state index contributed by atoms with van der Waals surface area (Å²) in [7, 11) is 0. The molecule has 0 saturated carbocycles. The number of carbonyl (C=O) groups excluding carboxylic acids is 1. The van der Waals surface area contributed by atoms with Gasteiger partial charge in [-0.3, -0.25) is 4.99 Å². The van der Waals surface area contributed by atoms with Gasteiger partial charge in [0.25, 0.3) is 0 Å². The van der Waals surface area contributed by atoms with Crippen molar-refractivity contribution in [2.24, 2.45) is 4.99 Å². The van der Waals surface area contributed by atoms with Gasteiger partial charge in [-0.2, -0.15) is 0 Å². The third kappa shape index (κ3) is 16.7. The van der Waals surface area contributed by atoms with E-state index < -0.39 is 17.2 Å². The minimum Gasteiger partial charge on any atom is -0.444 e. The van der Waals surface area contributed by atoms with Crippen LogP contribution < -0.4 is 16.0 Å². The molecule has 0 saturated heterocycles. The summed E-state index contributed by atoms with van der Waals surface area (Å²) in [6, 6.07) is 0. The number of hydrogen-bond acceptors (Lipinski definition) is 4. The van der Waals surface area contributed by atoms with Gasteiger partial charge < -0.3 is 25.4 Å². The summed E-state index contributed by atoms with van der Waals surface area (Å²) in [5.41, 5.74) is -1.01. The molecule has 7 nitrogen and oxygen atoms in total. The number of amides is 1. The van der Waals surface area contributed by atoms with Crippen molar-refractivity contribution < 1.29 is 14.3 Å². The van der Waals surface area contributed by atoms with Gasteiger partial charge in [0.2, 0.25) is 0 Å². The fourth-order valence-electron chi connectivity index (χ4n) is 1.92. The summed E-state index contributed by atoms with van der Waals surface area (Å²) < 4.78 is 10.6. The van der Waals surface area contributed by atoms with Crippen LogP contribution in [0.1, 0.15) is 61.3 Å². The maximum absolute atomic E-state index is 11.9. The molecule has 0 aliphatic rings.